The van der Waals surface area contributed by atoms with Crippen molar-refractivity contribution in [2.24, 2.45) is 11.8 Å². The fraction of sp³-hybridized carbons (Fsp3) is 0.312. The Hall–Kier alpha value is -0.0500. The van der Waals surface area contributed by atoms with Crippen molar-refractivity contribution < 1.29 is 9.59 Å². The van der Waals surface area contributed by atoms with Crippen molar-refractivity contribution in [3.05, 3.63) is 32.2 Å². The number of thiazole rings is 1. The van der Waals surface area contributed by atoms with Gasteiger partial charge in [-0.3, -0.25) is 9.59 Å². The lowest BCUT2D eigenvalue weighted by atomic mass is 9.84. The fourth-order valence-corrected chi connectivity index (χ4v) is 8.35. The lowest BCUT2D eigenvalue weighted by molar-refractivity contribution is -0.123. The van der Waals surface area contributed by atoms with Crippen LogP contribution in [0.2, 0.25) is 0 Å². The molecule has 1 saturated heterocycles. The van der Waals surface area contributed by atoms with Crippen LogP contribution in [0.4, 0.5) is 5.69 Å². The first-order valence-corrected chi connectivity index (χ1v) is 11.3. The maximum absolute atomic E-state index is 13.3. The number of carbonyl (C=O) groups excluding carboxylic acids is 2. The van der Waals surface area contributed by atoms with Gasteiger partial charge in [0, 0.05) is 0 Å². The summed E-state index contributed by atoms with van der Waals surface area (Å²) < 4.78 is -0.465. The van der Waals surface area contributed by atoms with Crippen LogP contribution >= 0.6 is 93.2 Å². The van der Waals surface area contributed by atoms with Gasteiger partial charge in [0.05, 0.1) is 37.8 Å². The summed E-state index contributed by atoms with van der Waals surface area (Å²) in [6, 6.07) is 5.07. The minimum absolute atomic E-state index is 0.113. The summed E-state index contributed by atoms with van der Waals surface area (Å²) in [5, 5.41) is -0.227. The number of allylic oxidation sites excluding steroid dienone is 2. The number of nitrogens with one attached hydrogen (secondary N) is 1. The Morgan fingerprint density at radius 3 is 2.07 bits per heavy atom. The number of benzene rings is 1. The largest absolute Gasteiger partial charge is 0.337 e. The van der Waals surface area contributed by atoms with Crippen LogP contribution in [0.3, 0.4) is 0 Å². The van der Waals surface area contributed by atoms with E-state index in [1.54, 1.807) is 18.2 Å². The van der Waals surface area contributed by atoms with E-state index in [0.29, 0.717) is 15.2 Å². The fourth-order valence-electron chi connectivity index (χ4n) is 4.33. The van der Waals surface area contributed by atoms with Crippen molar-refractivity contribution in [1.82, 2.24) is 4.98 Å². The zero-order valence-corrected chi connectivity index (χ0v) is 19.4. The van der Waals surface area contributed by atoms with E-state index in [4.69, 9.17) is 81.8 Å². The van der Waals surface area contributed by atoms with Crippen LogP contribution in [-0.4, -0.2) is 30.9 Å². The van der Waals surface area contributed by atoms with Gasteiger partial charge < -0.3 is 4.98 Å². The van der Waals surface area contributed by atoms with E-state index < -0.39 is 37.7 Å². The number of carbonyl (C=O) groups is 2. The maximum Gasteiger partial charge on any atom is 0.240 e. The normalized spacial score (nSPS) is 36.1. The minimum atomic E-state index is -1.94. The minimum Gasteiger partial charge on any atom is -0.337 e. The molecular weight excluding hydrogens is 529 g/mol. The van der Waals surface area contributed by atoms with Gasteiger partial charge in [-0.15, -0.1) is 34.5 Å². The van der Waals surface area contributed by atoms with Crippen LogP contribution in [0, 0.1) is 15.8 Å². The number of H-pyrrole nitrogens is 1. The molecule has 28 heavy (non-hydrogen) atoms. The van der Waals surface area contributed by atoms with Crippen LogP contribution < -0.4 is 4.90 Å². The third-order valence-electron chi connectivity index (χ3n) is 5.57. The van der Waals surface area contributed by atoms with Crippen LogP contribution in [0.5, 0.6) is 0 Å². The van der Waals surface area contributed by atoms with Gasteiger partial charge >= 0.3 is 0 Å². The average Bonchev–Trinajstić information content (AvgIpc) is 3.19. The molecule has 146 valence electrons. The molecule has 1 N–H and O–H groups in total. The summed E-state index contributed by atoms with van der Waals surface area (Å²) in [4.78, 5) is 27.0. The standard InChI is InChI=1S/C16H6Cl6N2O2S2/c17-9-10(18)15(20)8-7(14(9,19)16(15,21)22)11(25)24(12(8)26)4-1-2-6-5(3-4)23-13(27)28-6/h1-3,7-8H,(H,23,27)/t7-,8-,14+,15+/m0/s1. The molecule has 1 saturated carbocycles. The Kier molecular flexibility index (Phi) is 4.12. The predicted molar refractivity (Wildman–Crippen MR) is 117 cm³/mol. The van der Waals surface area contributed by atoms with Gasteiger partial charge in [0.25, 0.3) is 0 Å². The van der Waals surface area contributed by atoms with Crippen molar-refractivity contribution in [2.75, 3.05) is 4.90 Å². The van der Waals surface area contributed by atoms with Crippen molar-refractivity contribution >= 4 is 121 Å². The van der Waals surface area contributed by atoms with Gasteiger partial charge in [-0.05, 0) is 30.4 Å². The first-order chi connectivity index (χ1) is 13.0. The number of fused-ring (bicyclic) bond motifs is 6. The van der Waals surface area contributed by atoms with E-state index in [0.717, 1.165) is 9.60 Å². The molecule has 4 atom stereocenters. The van der Waals surface area contributed by atoms with Crippen LogP contribution in [0.1, 0.15) is 0 Å². The smallest absolute Gasteiger partial charge is 0.240 e. The van der Waals surface area contributed by atoms with E-state index in [1.165, 1.54) is 11.3 Å². The highest BCUT2D eigenvalue weighted by atomic mass is 35.5. The number of amides is 2. The molecular formula is C16H6Cl6N2O2S2. The van der Waals surface area contributed by atoms with Crippen molar-refractivity contribution in [3.8, 4) is 0 Å². The first kappa shape index (κ1) is 19.9. The molecule has 1 aromatic carbocycles. The highest BCUT2D eigenvalue weighted by Gasteiger charge is 2.87. The molecule has 1 aromatic heterocycles. The molecule has 0 unspecified atom stereocenters. The lowest BCUT2D eigenvalue weighted by Gasteiger charge is -2.34. The molecule has 2 heterocycles. The number of anilines is 1. The average molecular weight is 535 g/mol. The number of imide groups is 1. The molecule has 2 amide bonds. The Bertz CT molecular complexity index is 1160. The van der Waals surface area contributed by atoms with Crippen LogP contribution in [-0.2, 0) is 9.59 Å². The van der Waals surface area contributed by atoms with E-state index in [1.807, 2.05) is 0 Å². The van der Waals surface area contributed by atoms with E-state index in [9.17, 15) is 9.59 Å². The van der Waals surface area contributed by atoms with E-state index >= 15 is 0 Å². The number of nitrogens with zero attached hydrogens (tertiary/aromatic N) is 1. The van der Waals surface area contributed by atoms with Crippen molar-refractivity contribution in [2.45, 2.75) is 14.1 Å². The van der Waals surface area contributed by atoms with Gasteiger partial charge in [-0.2, -0.15) is 0 Å². The van der Waals surface area contributed by atoms with Gasteiger partial charge in [0.1, 0.15) is 9.75 Å². The number of rotatable bonds is 1. The SMILES string of the molecule is O=C1[C@@H]2[C@@H](C(=O)N1c1ccc3sc(=S)[nH]c3c1)[C@@]1(Cl)C(Cl)=C(Cl)[C@@]2(Cl)C1(Cl)Cl. The number of halogens is 6. The van der Waals surface area contributed by atoms with E-state index in [2.05, 4.69) is 4.98 Å². The van der Waals surface area contributed by atoms with Gasteiger partial charge in [-0.25, -0.2) is 4.90 Å². The molecule has 0 radical (unpaired) electrons. The first-order valence-electron chi connectivity index (χ1n) is 7.80. The molecule has 3 aliphatic rings. The Balaban J connectivity index is 1.69. The number of hydrogen-bond donors (Lipinski definition) is 1. The van der Waals surface area contributed by atoms with Crippen LogP contribution in [0.15, 0.2) is 28.3 Å². The molecule has 5 rings (SSSR count). The molecule has 12 heteroatoms. The summed E-state index contributed by atoms with van der Waals surface area (Å²) in [5.41, 5.74) is 1.05. The summed E-state index contributed by atoms with van der Waals surface area (Å²) in [6.45, 7) is 0. The molecule has 2 aliphatic carbocycles. The third kappa shape index (κ3) is 1.95. The second kappa shape index (κ2) is 5.80. The summed E-state index contributed by atoms with van der Waals surface area (Å²) >= 11 is 45.4. The number of hydrogen-bond acceptors (Lipinski definition) is 4. The Labute approximate surface area is 197 Å². The Morgan fingerprint density at radius 2 is 1.54 bits per heavy atom. The predicted octanol–water partition coefficient (Wildman–Crippen LogP) is 5.91. The number of aromatic amines is 1. The van der Waals surface area contributed by atoms with Crippen LogP contribution in [0.25, 0.3) is 10.2 Å². The van der Waals surface area contributed by atoms with Crippen molar-refractivity contribution in [1.29, 1.82) is 0 Å². The quantitative estimate of drug-likeness (QED) is 0.281. The monoisotopic (exact) mass is 532 g/mol. The molecule has 2 bridgehead atoms. The van der Waals surface area contributed by atoms with Gasteiger partial charge in [0.15, 0.2) is 8.29 Å². The Morgan fingerprint density at radius 1 is 1.00 bits per heavy atom. The zero-order valence-electron chi connectivity index (χ0n) is 13.2. The number of aromatic nitrogens is 1. The second-order valence-corrected chi connectivity index (χ2v) is 11.8. The lowest BCUT2D eigenvalue weighted by Crippen LogP contribution is -2.50. The highest BCUT2D eigenvalue weighted by molar-refractivity contribution is 7.73. The maximum atomic E-state index is 13.3. The summed E-state index contributed by atoms with van der Waals surface area (Å²) in [5.74, 6) is -3.48. The zero-order chi connectivity index (χ0) is 20.4. The van der Waals surface area contributed by atoms with Gasteiger partial charge in [-0.1, -0.05) is 46.4 Å². The topological polar surface area (TPSA) is 53.2 Å². The van der Waals surface area contributed by atoms with Crippen molar-refractivity contribution in [3.63, 3.8) is 0 Å². The molecule has 0 spiro atoms. The van der Waals surface area contributed by atoms with E-state index in [-0.39, 0.29) is 10.1 Å². The van der Waals surface area contributed by atoms with Gasteiger partial charge in [0.2, 0.25) is 11.8 Å². The molecule has 2 fully saturated rings. The summed E-state index contributed by atoms with van der Waals surface area (Å²) in [6.07, 6.45) is 0. The third-order valence-corrected chi connectivity index (χ3v) is 11.0. The number of alkyl halides is 4. The molecule has 4 nitrogen and oxygen atoms in total. The second-order valence-electron chi connectivity index (χ2n) is 6.79. The highest BCUT2D eigenvalue weighted by Crippen LogP contribution is 2.77. The molecule has 1 aliphatic heterocycles. The summed E-state index contributed by atoms with van der Waals surface area (Å²) in [7, 11) is 0. The molecule has 2 aromatic rings.